The van der Waals surface area contributed by atoms with Crippen molar-refractivity contribution in [3.63, 3.8) is 0 Å². The van der Waals surface area contributed by atoms with Crippen LogP contribution in [0.4, 0.5) is 16.2 Å². The summed E-state index contributed by atoms with van der Waals surface area (Å²) >= 11 is 0. The van der Waals surface area contributed by atoms with Crippen molar-refractivity contribution in [2.45, 2.75) is 84.0 Å². The van der Waals surface area contributed by atoms with Gasteiger partial charge in [0, 0.05) is 30.0 Å². The summed E-state index contributed by atoms with van der Waals surface area (Å²) in [5.74, 6) is 0.178. The van der Waals surface area contributed by atoms with E-state index < -0.39 is 5.60 Å². The summed E-state index contributed by atoms with van der Waals surface area (Å²) in [6, 6.07) is 16.2. The van der Waals surface area contributed by atoms with E-state index in [4.69, 9.17) is 4.74 Å². The molecule has 1 unspecified atom stereocenters. The number of anilines is 2. The molecule has 2 aliphatic rings. The van der Waals surface area contributed by atoms with Crippen LogP contribution in [0.15, 0.2) is 61.1 Å². The fraction of sp³-hybridized carbons (Fsp3) is 0.469. The van der Waals surface area contributed by atoms with Gasteiger partial charge in [-0.2, -0.15) is 0 Å². The maximum atomic E-state index is 13.6. The van der Waals surface area contributed by atoms with E-state index in [2.05, 4.69) is 38.4 Å². The van der Waals surface area contributed by atoms with Crippen molar-refractivity contribution >= 4 is 23.4 Å². The van der Waals surface area contributed by atoms with Gasteiger partial charge in [0.1, 0.15) is 5.60 Å². The first-order valence-corrected chi connectivity index (χ1v) is 14.4. The Morgan fingerprint density at radius 1 is 1.07 bits per heavy atom. The molecule has 3 aromatic rings. The van der Waals surface area contributed by atoms with Gasteiger partial charge in [0.15, 0.2) is 0 Å². The molecule has 2 amide bonds. The number of hydrogen-bond acceptors (Lipinski definition) is 5. The monoisotopic (exact) mass is 543 g/mol. The minimum atomic E-state index is -0.605. The molecule has 8 nitrogen and oxygen atoms in total. The molecule has 2 heterocycles. The van der Waals surface area contributed by atoms with Crippen molar-refractivity contribution in [3.05, 3.63) is 77.9 Å². The van der Waals surface area contributed by atoms with Gasteiger partial charge in [-0.1, -0.05) is 55.7 Å². The van der Waals surface area contributed by atoms with Crippen LogP contribution in [0, 0.1) is 5.92 Å². The number of aromatic nitrogens is 2. The quantitative estimate of drug-likeness (QED) is 0.381. The van der Waals surface area contributed by atoms with Crippen molar-refractivity contribution < 1.29 is 14.3 Å². The first-order chi connectivity index (χ1) is 19.2. The van der Waals surface area contributed by atoms with E-state index in [0.29, 0.717) is 26.1 Å². The van der Waals surface area contributed by atoms with Gasteiger partial charge in [-0.15, -0.1) is 0 Å². The number of H-pyrrole nitrogens is 1. The van der Waals surface area contributed by atoms with Gasteiger partial charge in [0.25, 0.3) is 0 Å². The average molecular weight is 544 g/mol. The number of nitrogens with one attached hydrogen (secondary N) is 2. The summed E-state index contributed by atoms with van der Waals surface area (Å²) in [6.45, 7) is 7.30. The van der Waals surface area contributed by atoms with E-state index in [0.717, 1.165) is 53.9 Å². The van der Waals surface area contributed by atoms with E-state index in [-0.39, 0.29) is 24.0 Å². The van der Waals surface area contributed by atoms with Crippen LogP contribution in [0.1, 0.15) is 69.7 Å². The van der Waals surface area contributed by atoms with Gasteiger partial charge in [-0.25, -0.2) is 9.78 Å². The molecule has 8 heteroatoms. The number of benzene rings is 2. The van der Waals surface area contributed by atoms with Crippen LogP contribution >= 0.6 is 0 Å². The molecule has 2 N–H and O–H groups in total. The minimum absolute atomic E-state index is 0.0755. The Kier molecular flexibility index (Phi) is 8.43. The van der Waals surface area contributed by atoms with Crippen LogP contribution in [-0.4, -0.2) is 45.1 Å². The Labute approximate surface area is 237 Å². The Balaban J connectivity index is 1.48. The maximum absolute atomic E-state index is 13.6. The fourth-order valence-electron chi connectivity index (χ4n) is 5.76. The van der Waals surface area contributed by atoms with E-state index in [1.165, 1.54) is 6.42 Å². The number of imidazole rings is 1. The molecule has 212 valence electrons. The number of amides is 2. The molecule has 1 aromatic heterocycles. The summed E-state index contributed by atoms with van der Waals surface area (Å²) in [6.07, 6.45) is 9.23. The van der Waals surface area contributed by atoms with Gasteiger partial charge in [-0.05, 0) is 63.3 Å². The molecule has 1 aliphatic heterocycles. The van der Waals surface area contributed by atoms with E-state index in [9.17, 15) is 9.59 Å². The van der Waals surface area contributed by atoms with E-state index >= 15 is 0 Å². The standard InChI is InChI=1S/C32H41N5O3/c1-32(2,3)40-31(39)37-19-25-14-15-26(35-30(38)24-12-8-5-9-13-24)17-29(25)36(20-27-18-33-22-34-27)21-28(37)16-23-10-6-4-7-11-23/h4,6-7,10-11,14-15,17-18,22,24,28H,5,8-9,12-13,16,19-21H2,1-3H3,(H,33,34)(H,35,38). The lowest BCUT2D eigenvalue weighted by Crippen LogP contribution is -2.47. The third-order valence-electron chi connectivity index (χ3n) is 7.74. The summed E-state index contributed by atoms with van der Waals surface area (Å²) in [4.78, 5) is 38.3. The van der Waals surface area contributed by atoms with Crippen molar-refractivity contribution in [1.82, 2.24) is 14.9 Å². The van der Waals surface area contributed by atoms with E-state index in [1.807, 2.05) is 62.2 Å². The van der Waals surface area contributed by atoms with Crippen LogP contribution in [0.5, 0.6) is 0 Å². The lowest BCUT2D eigenvalue weighted by molar-refractivity contribution is -0.120. The first kappa shape index (κ1) is 27.7. The summed E-state index contributed by atoms with van der Waals surface area (Å²) in [7, 11) is 0. The molecule has 0 radical (unpaired) electrons. The van der Waals surface area contributed by atoms with Crippen LogP contribution in [0.3, 0.4) is 0 Å². The van der Waals surface area contributed by atoms with Crippen LogP contribution in [0.25, 0.3) is 0 Å². The van der Waals surface area contributed by atoms with Gasteiger partial charge in [0.05, 0.1) is 31.2 Å². The topological polar surface area (TPSA) is 90.6 Å². The molecule has 2 aromatic carbocycles. The highest BCUT2D eigenvalue weighted by molar-refractivity contribution is 5.93. The Morgan fingerprint density at radius 3 is 2.55 bits per heavy atom. The number of aromatic amines is 1. The molecule has 5 rings (SSSR count). The van der Waals surface area contributed by atoms with Gasteiger partial charge < -0.3 is 19.9 Å². The highest BCUT2D eigenvalue weighted by atomic mass is 16.6. The third-order valence-corrected chi connectivity index (χ3v) is 7.74. The molecule has 40 heavy (non-hydrogen) atoms. The largest absolute Gasteiger partial charge is 0.444 e. The highest BCUT2D eigenvalue weighted by Crippen LogP contribution is 2.34. The van der Waals surface area contributed by atoms with Crippen LogP contribution < -0.4 is 10.2 Å². The lowest BCUT2D eigenvalue weighted by atomic mass is 9.88. The van der Waals surface area contributed by atoms with Gasteiger partial charge in [0.2, 0.25) is 5.91 Å². The zero-order valence-electron chi connectivity index (χ0n) is 23.9. The molecular formula is C32H41N5O3. The SMILES string of the molecule is CC(C)(C)OC(=O)N1Cc2ccc(NC(=O)C3CCCCC3)cc2N(Cc2cnc[nH]2)CC1Cc1ccccc1. The normalized spacial score (nSPS) is 18.1. The summed E-state index contributed by atoms with van der Waals surface area (Å²) in [5, 5.41) is 3.19. The Morgan fingerprint density at radius 2 is 1.85 bits per heavy atom. The van der Waals surface area contributed by atoms with Crippen molar-refractivity contribution in [2.75, 3.05) is 16.8 Å². The molecule has 0 saturated heterocycles. The molecule has 1 fully saturated rings. The second kappa shape index (κ2) is 12.1. The Hall–Kier alpha value is -3.81. The number of nitrogens with zero attached hydrogens (tertiary/aromatic N) is 3. The van der Waals surface area contributed by atoms with Crippen molar-refractivity contribution in [1.29, 1.82) is 0 Å². The third kappa shape index (κ3) is 7.03. The van der Waals surface area contributed by atoms with Crippen molar-refractivity contribution in [3.8, 4) is 0 Å². The number of ether oxygens (including phenoxy) is 1. The van der Waals surface area contributed by atoms with Gasteiger partial charge in [-0.3, -0.25) is 9.69 Å². The molecule has 1 aliphatic carbocycles. The molecule has 0 bridgehead atoms. The fourth-order valence-corrected chi connectivity index (χ4v) is 5.76. The van der Waals surface area contributed by atoms with E-state index in [1.54, 1.807) is 6.33 Å². The maximum Gasteiger partial charge on any atom is 0.410 e. The molecular weight excluding hydrogens is 502 g/mol. The zero-order valence-corrected chi connectivity index (χ0v) is 23.9. The highest BCUT2D eigenvalue weighted by Gasteiger charge is 2.34. The van der Waals surface area contributed by atoms with Crippen LogP contribution in [0.2, 0.25) is 0 Å². The molecule has 1 saturated carbocycles. The van der Waals surface area contributed by atoms with Crippen LogP contribution in [-0.2, 0) is 29.0 Å². The predicted molar refractivity (Wildman–Crippen MR) is 157 cm³/mol. The summed E-state index contributed by atoms with van der Waals surface area (Å²) in [5.41, 5.74) is 4.33. The zero-order chi connectivity index (χ0) is 28.1. The van der Waals surface area contributed by atoms with Crippen molar-refractivity contribution in [2.24, 2.45) is 5.92 Å². The second-order valence-corrected chi connectivity index (χ2v) is 12.1. The lowest BCUT2D eigenvalue weighted by Gasteiger charge is -2.34. The number of hydrogen-bond donors (Lipinski definition) is 2. The molecule has 0 spiro atoms. The Bertz CT molecular complexity index is 1280. The minimum Gasteiger partial charge on any atom is -0.444 e. The summed E-state index contributed by atoms with van der Waals surface area (Å²) < 4.78 is 5.90. The smallest absolute Gasteiger partial charge is 0.410 e. The predicted octanol–water partition coefficient (Wildman–Crippen LogP) is 6.30. The number of carbonyl (C=O) groups is 2. The average Bonchev–Trinajstić information content (AvgIpc) is 3.39. The second-order valence-electron chi connectivity index (χ2n) is 12.1. The first-order valence-electron chi connectivity index (χ1n) is 14.4. The number of rotatable bonds is 6. The number of fused-ring (bicyclic) bond motifs is 1. The molecule has 1 atom stereocenters. The van der Waals surface area contributed by atoms with Gasteiger partial charge >= 0.3 is 6.09 Å². The number of carbonyl (C=O) groups excluding carboxylic acids is 2.